The molecule has 1 aliphatic rings. The van der Waals surface area contributed by atoms with Crippen LogP contribution in [0.1, 0.15) is 25.5 Å². The molecular formula is C19H16F2I2N4O. The van der Waals surface area contributed by atoms with Gasteiger partial charge in [-0.2, -0.15) is 10.2 Å². The van der Waals surface area contributed by atoms with E-state index in [4.69, 9.17) is 4.74 Å². The largest absolute Gasteiger partial charge is 0.356 e. The number of aromatic amines is 1. The monoisotopic (exact) mass is 608 g/mol. The Hall–Kier alpha value is -1.34. The molecule has 1 unspecified atom stereocenters. The zero-order chi connectivity index (χ0) is 19.7. The molecule has 1 N–H and O–H groups in total. The topological polar surface area (TPSA) is 55.7 Å². The highest BCUT2D eigenvalue weighted by Crippen LogP contribution is 2.29. The van der Waals surface area contributed by atoms with E-state index in [2.05, 4.69) is 37.9 Å². The Morgan fingerprint density at radius 2 is 1.79 bits per heavy atom. The van der Waals surface area contributed by atoms with Crippen LogP contribution in [-0.2, 0) is 4.74 Å². The van der Waals surface area contributed by atoms with Crippen molar-refractivity contribution in [2.75, 3.05) is 6.61 Å². The number of nitrogens with one attached hydrogen (secondary N) is 1. The summed E-state index contributed by atoms with van der Waals surface area (Å²) in [5.74, 6) is -0.436. The second-order valence-corrected chi connectivity index (χ2v) is 8.46. The summed E-state index contributed by atoms with van der Waals surface area (Å²) < 4.78 is 35.7. The lowest BCUT2D eigenvalue weighted by atomic mass is 10.2. The first kappa shape index (κ1) is 20.0. The van der Waals surface area contributed by atoms with Crippen LogP contribution in [0.2, 0.25) is 0 Å². The van der Waals surface area contributed by atoms with E-state index in [-0.39, 0.29) is 17.9 Å². The number of benzene rings is 2. The Bertz CT molecular complexity index is 1120. The molecule has 0 bridgehead atoms. The van der Waals surface area contributed by atoms with Gasteiger partial charge >= 0.3 is 0 Å². The molecule has 5 rings (SSSR count). The van der Waals surface area contributed by atoms with Gasteiger partial charge in [0.25, 0.3) is 0 Å². The predicted molar refractivity (Wildman–Crippen MR) is 120 cm³/mol. The third-order valence-corrected chi connectivity index (χ3v) is 6.09. The van der Waals surface area contributed by atoms with E-state index in [0.29, 0.717) is 20.0 Å². The Labute approximate surface area is 187 Å². The molecule has 2 aromatic carbocycles. The van der Waals surface area contributed by atoms with Crippen molar-refractivity contribution in [1.82, 2.24) is 20.0 Å². The van der Waals surface area contributed by atoms with Crippen molar-refractivity contribution in [2.24, 2.45) is 0 Å². The van der Waals surface area contributed by atoms with Gasteiger partial charge < -0.3 is 4.74 Å². The first-order valence-electron chi connectivity index (χ1n) is 8.78. The van der Waals surface area contributed by atoms with Crippen LogP contribution in [0.3, 0.4) is 0 Å². The van der Waals surface area contributed by atoms with Gasteiger partial charge in [-0.05, 0) is 88.7 Å². The van der Waals surface area contributed by atoms with Crippen molar-refractivity contribution in [3.63, 3.8) is 0 Å². The average molecular weight is 608 g/mol. The number of H-pyrrole nitrogens is 1. The van der Waals surface area contributed by atoms with Crippen LogP contribution < -0.4 is 0 Å². The van der Waals surface area contributed by atoms with E-state index in [9.17, 15) is 8.78 Å². The third kappa shape index (κ3) is 3.88. The average Bonchev–Trinajstić information content (AvgIpc) is 3.25. The molecule has 1 fully saturated rings. The summed E-state index contributed by atoms with van der Waals surface area (Å²) in [4.78, 5) is 0. The summed E-state index contributed by atoms with van der Waals surface area (Å²) in [7, 11) is 0. The molecule has 5 nitrogen and oxygen atoms in total. The maximum absolute atomic E-state index is 13.7. The Kier molecular flexibility index (Phi) is 6.11. The van der Waals surface area contributed by atoms with Crippen LogP contribution in [0.25, 0.3) is 21.8 Å². The van der Waals surface area contributed by atoms with Gasteiger partial charge in [-0.3, -0.25) is 5.10 Å². The van der Waals surface area contributed by atoms with Crippen molar-refractivity contribution in [2.45, 2.75) is 25.5 Å². The Morgan fingerprint density at radius 3 is 2.50 bits per heavy atom. The number of ether oxygens (including phenoxy) is 1. The summed E-state index contributed by atoms with van der Waals surface area (Å²) in [5.41, 5.74) is 1.50. The SMILES string of the molecule is Fc1cccc2c1c(I)nn2C1CCCCO1.Fc1cccc2n[nH]c(I)c12. The summed E-state index contributed by atoms with van der Waals surface area (Å²) in [5, 5.41) is 12.2. The number of fused-ring (bicyclic) bond motifs is 2. The second kappa shape index (κ2) is 8.57. The Morgan fingerprint density at radius 1 is 1.04 bits per heavy atom. The van der Waals surface area contributed by atoms with Gasteiger partial charge in [-0.15, -0.1) is 0 Å². The molecule has 146 valence electrons. The van der Waals surface area contributed by atoms with Crippen molar-refractivity contribution in [1.29, 1.82) is 0 Å². The minimum Gasteiger partial charge on any atom is -0.356 e. The maximum atomic E-state index is 13.7. The van der Waals surface area contributed by atoms with Gasteiger partial charge in [0.15, 0.2) is 6.23 Å². The number of hydrogen-bond donors (Lipinski definition) is 1. The smallest absolute Gasteiger partial charge is 0.150 e. The van der Waals surface area contributed by atoms with Crippen molar-refractivity contribution in [3.8, 4) is 0 Å². The van der Waals surface area contributed by atoms with E-state index in [0.717, 1.165) is 35.1 Å². The van der Waals surface area contributed by atoms with Crippen LogP contribution in [0.4, 0.5) is 8.78 Å². The summed E-state index contributed by atoms with van der Waals surface area (Å²) >= 11 is 4.09. The molecule has 3 heterocycles. The molecule has 1 atom stereocenters. The summed E-state index contributed by atoms with van der Waals surface area (Å²) in [6.45, 7) is 0.762. The molecule has 28 heavy (non-hydrogen) atoms. The van der Waals surface area contributed by atoms with Gasteiger partial charge in [-0.25, -0.2) is 13.5 Å². The number of halogens is 4. The summed E-state index contributed by atoms with van der Waals surface area (Å²) in [6.07, 6.45) is 3.14. The third-order valence-electron chi connectivity index (χ3n) is 4.55. The molecule has 4 aromatic rings. The lowest BCUT2D eigenvalue weighted by molar-refractivity contribution is -0.0368. The van der Waals surface area contributed by atoms with E-state index in [1.807, 2.05) is 33.3 Å². The lowest BCUT2D eigenvalue weighted by Gasteiger charge is -2.23. The van der Waals surface area contributed by atoms with E-state index < -0.39 is 0 Å². The van der Waals surface area contributed by atoms with Crippen molar-refractivity contribution < 1.29 is 13.5 Å². The van der Waals surface area contributed by atoms with Crippen molar-refractivity contribution in [3.05, 3.63) is 55.4 Å². The molecule has 1 aliphatic heterocycles. The molecule has 0 saturated carbocycles. The minimum atomic E-state index is -0.222. The number of nitrogens with zero attached hydrogens (tertiary/aromatic N) is 3. The van der Waals surface area contributed by atoms with Crippen LogP contribution in [-0.4, -0.2) is 26.6 Å². The molecule has 2 aromatic heterocycles. The lowest BCUT2D eigenvalue weighted by Crippen LogP contribution is -2.19. The molecule has 0 radical (unpaired) electrons. The van der Waals surface area contributed by atoms with Gasteiger partial charge in [0.1, 0.15) is 19.0 Å². The van der Waals surface area contributed by atoms with Crippen LogP contribution >= 0.6 is 45.2 Å². The number of aromatic nitrogens is 4. The van der Waals surface area contributed by atoms with Gasteiger partial charge in [0.2, 0.25) is 0 Å². The van der Waals surface area contributed by atoms with E-state index in [1.165, 1.54) is 12.1 Å². The fraction of sp³-hybridized carbons (Fsp3) is 0.263. The van der Waals surface area contributed by atoms with Crippen molar-refractivity contribution >= 4 is 67.0 Å². The fourth-order valence-corrected chi connectivity index (χ4v) is 4.65. The number of hydrogen-bond acceptors (Lipinski definition) is 3. The summed E-state index contributed by atoms with van der Waals surface area (Å²) in [6, 6.07) is 9.93. The van der Waals surface area contributed by atoms with Crippen LogP contribution in [0, 0.1) is 19.0 Å². The van der Waals surface area contributed by atoms with Crippen LogP contribution in [0.15, 0.2) is 36.4 Å². The predicted octanol–water partition coefficient (Wildman–Crippen LogP) is 5.79. The molecule has 9 heteroatoms. The van der Waals surface area contributed by atoms with Gasteiger partial charge in [0.05, 0.1) is 21.8 Å². The molecule has 0 spiro atoms. The zero-order valence-electron chi connectivity index (χ0n) is 14.6. The first-order valence-corrected chi connectivity index (χ1v) is 10.9. The first-order chi connectivity index (χ1) is 13.6. The highest BCUT2D eigenvalue weighted by atomic mass is 127. The maximum Gasteiger partial charge on any atom is 0.150 e. The molecule has 0 aliphatic carbocycles. The number of rotatable bonds is 1. The molecule has 0 amide bonds. The second-order valence-electron chi connectivity index (χ2n) is 6.36. The fourth-order valence-electron chi connectivity index (χ4n) is 3.23. The Balaban J connectivity index is 0.000000151. The highest BCUT2D eigenvalue weighted by Gasteiger charge is 2.21. The standard InChI is InChI=1S/C12H12FIN2O.C7H4FIN2/c13-8-4-3-5-9-11(8)12(14)15-16(9)10-6-1-2-7-17-10;8-4-2-1-3-5-6(4)7(9)11-10-5/h3-5,10H,1-2,6-7H2;1-3H,(H,10,11). The highest BCUT2D eigenvalue weighted by molar-refractivity contribution is 14.1. The zero-order valence-corrected chi connectivity index (χ0v) is 18.9. The van der Waals surface area contributed by atoms with Gasteiger partial charge in [0, 0.05) is 6.61 Å². The quantitative estimate of drug-likeness (QED) is 0.279. The van der Waals surface area contributed by atoms with Crippen LogP contribution in [0.5, 0.6) is 0 Å². The van der Waals surface area contributed by atoms with Gasteiger partial charge in [-0.1, -0.05) is 12.1 Å². The van der Waals surface area contributed by atoms with E-state index in [1.54, 1.807) is 18.2 Å². The molecular weight excluding hydrogens is 592 g/mol. The minimum absolute atomic E-state index is 0.0448. The molecule has 1 saturated heterocycles. The van der Waals surface area contributed by atoms with E-state index >= 15 is 0 Å². The normalized spacial score (nSPS) is 16.9.